The van der Waals surface area contributed by atoms with Crippen LogP contribution in [0.1, 0.15) is 34.4 Å². The van der Waals surface area contributed by atoms with Crippen molar-refractivity contribution in [1.29, 1.82) is 0 Å². The summed E-state index contributed by atoms with van der Waals surface area (Å²) in [6.45, 7) is 2.04. The zero-order valence-electron chi connectivity index (χ0n) is 15.9. The van der Waals surface area contributed by atoms with Crippen LogP contribution in [-0.2, 0) is 16.0 Å². The van der Waals surface area contributed by atoms with Crippen LogP contribution in [0.5, 0.6) is 0 Å². The van der Waals surface area contributed by atoms with Crippen molar-refractivity contribution >= 4 is 29.1 Å². The van der Waals surface area contributed by atoms with Gasteiger partial charge in [-0.3, -0.25) is 4.79 Å². The summed E-state index contributed by atoms with van der Waals surface area (Å²) < 4.78 is 6.37. The Kier molecular flexibility index (Phi) is 5.91. The molecule has 0 radical (unpaired) electrons. The first-order chi connectivity index (χ1) is 14.0. The Morgan fingerprint density at radius 1 is 0.828 bits per heavy atom. The number of amides is 1. The molecule has 1 aliphatic heterocycles. The average Bonchev–Trinajstić information content (AvgIpc) is 2.72. The predicted octanol–water partition coefficient (Wildman–Crippen LogP) is 5.84. The fourth-order valence-corrected chi connectivity index (χ4v) is 3.82. The van der Waals surface area contributed by atoms with E-state index in [0.717, 1.165) is 16.7 Å². The molecule has 1 N–H and O–H groups in total. The Hall–Kier alpha value is -2.33. The number of morpholine rings is 1. The van der Waals surface area contributed by atoms with Gasteiger partial charge in [0.15, 0.2) is 0 Å². The normalized spacial score (nSPS) is 21.6. The van der Waals surface area contributed by atoms with E-state index < -0.39 is 6.10 Å². The van der Waals surface area contributed by atoms with Gasteiger partial charge in [0.2, 0.25) is 5.91 Å². The second kappa shape index (κ2) is 8.58. The lowest BCUT2D eigenvalue weighted by atomic mass is 9.92. The van der Waals surface area contributed by atoms with Crippen molar-refractivity contribution in [2.75, 3.05) is 0 Å². The molecule has 3 aromatic rings. The summed E-state index contributed by atoms with van der Waals surface area (Å²) in [6, 6.07) is 22.9. The summed E-state index contributed by atoms with van der Waals surface area (Å²) in [5, 5.41) is 4.47. The first-order valence-electron chi connectivity index (χ1n) is 9.52. The van der Waals surface area contributed by atoms with E-state index in [9.17, 15) is 4.79 Å². The Labute approximate surface area is 180 Å². The van der Waals surface area contributed by atoms with Gasteiger partial charge in [-0.1, -0.05) is 77.3 Å². The van der Waals surface area contributed by atoms with Gasteiger partial charge in [0.1, 0.15) is 12.2 Å². The van der Waals surface area contributed by atoms with Gasteiger partial charge in [-0.2, -0.15) is 0 Å². The highest BCUT2D eigenvalue weighted by Crippen LogP contribution is 2.37. The highest BCUT2D eigenvalue weighted by atomic mass is 35.5. The van der Waals surface area contributed by atoms with E-state index in [-0.39, 0.29) is 18.1 Å². The monoisotopic (exact) mass is 425 g/mol. The van der Waals surface area contributed by atoms with Crippen molar-refractivity contribution in [3.05, 3.63) is 105 Å². The van der Waals surface area contributed by atoms with Crippen molar-refractivity contribution in [1.82, 2.24) is 5.32 Å². The third-order valence-corrected chi connectivity index (χ3v) is 5.68. The van der Waals surface area contributed by atoms with Crippen molar-refractivity contribution in [2.45, 2.75) is 31.6 Å². The molecule has 3 aromatic carbocycles. The van der Waals surface area contributed by atoms with Crippen LogP contribution in [0.4, 0.5) is 0 Å². The van der Waals surface area contributed by atoms with Crippen LogP contribution in [0.15, 0.2) is 72.8 Å². The minimum absolute atomic E-state index is 0.115. The van der Waals surface area contributed by atoms with Crippen molar-refractivity contribution in [3.63, 3.8) is 0 Å². The molecular weight excluding hydrogens is 405 g/mol. The van der Waals surface area contributed by atoms with Crippen molar-refractivity contribution in [3.8, 4) is 0 Å². The first kappa shape index (κ1) is 20.0. The number of nitrogens with one attached hydrogen (secondary N) is 1. The molecule has 5 heteroatoms. The van der Waals surface area contributed by atoms with Crippen molar-refractivity contribution in [2.24, 2.45) is 0 Å². The number of aryl methyl sites for hydroxylation is 1. The number of benzene rings is 3. The van der Waals surface area contributed by atoms with E-state index in [2.05, 4.69) is 5.32 Å². The van der Waals surface area contributed by atoms with Crippen LogP contribution < -0.4 is 5.32 Å². The van der Waals surface area contributed by atoms with E-state index in [1.807, 2.05) is 79.7 Å². The lowest BCUT2D eigenvalue weighted by molar-refractivity contribution is -0.150. The number of hydrogen-bond donors (Lipinski definition) is 1. The lowest BCUT2D eigenvalue weighted by Gasteiger charge is -2.37. The molecule has 3 atom stereocenters. The molecule has 148 valence electrons. The van der Waals surface area contributed by atoms with Gasteiger partial charge < -0.3 is 10.1 Å². The Balaban J connectivity index is 1.64. The molecule has 1 heterocycles. The third kappa shape index (κ3) is 4.64. The third-order valence-electron chi connectivity index (χ3n) is 5.17. The topological polar surface area (TPSA) is 38.3 Å². The van der Waals surface area contributed by atoms with E-state index in [1.165, 1.54) is 5.56 Å². The number of halogens is 2. The first-order valence-corrected chi connectivity index (χ1v) is 10.3. The minimum atomic E-state index is -0.568. The number of carbonyl (C=O) groups is 1. The van der Waals surface area contributed by atoms with Crippen molar-refractivity contribution < 1.29 is 9.53 Å². The van der Waals surface area contributed by atoms with Gasteiger partial charge in [-0.25, -0.2) is 0 Å². The Bertz CT molecular complexity index is 985. The fourth-order valence-electron chi connectivity index (χ4n) is 3.57. The molecule has 0 saturated carbocycles. The summed E-state index contributed by atoms with van der Waals surface area (Å²) in [6.07, 6.45) is -0.382. The average molecular weight is 426 g/mol. The highest BCUT2D eigenvalue weighted by Gasteiger charge is 2.38. The van der Waals surface area contributed by atoms with Crippen LogP contribution in [-0.4, -0.2) is 12.0 Å². The molecule has 4 rings (SSSR count). The van der Waals surface area contributed by atoms with Gasteiger partial charge >= 0.3 is 0 Å². The quantitative estimate of drug-likeness (QED) is 0.569. The van der Waals surface area contributed by atoms with Gasteiger partial charge in [-0.15, -0.1) is 0 Å². The predicted molar refractivity (Wildman–Crippen MR) is 116 cm³/mol. The highest BCUT2D eigenvalue weighted by molar-refractivity contribution is 6.30. The van der Waals surface area contributed by atoms with E-state index >= 15 is 0 Å². The molecule has 2 unspecified atom stereocenters. The second-order valence-electron chi connectivity index (χ2n) is 7.32. The molecule has 1 saturated heterocycles. The van der Waals surface area contributed by atoms with Crippen LogP contribution >= 0.6 is 23.2 Å². The fraction of sp³-hybridized carbons (Fsp3) is 0.208. The molecule has 0 spiro atoms. The van der Waals surface area contributed by atoms with Crippen LogP contribution in [0, 0.1) is 6.92 Å². The number of rotatable bonds is 4. The smallest absolute Gasteiger partial charge is 0.250 e. The second-order valence-corrected chi connectivity index (χ2v) is 8.20. The maximum absolute atomic E-state index is 12.9. The molecule has 3 nitrogen and oxygen atoms in total. The molecule has 0 aliphatic carbocycles. The van der Waals surface area contributed by atoms with Crippen LogP contribution in [0.2, 0.25) is 10.0 Å². The Morgan fingerprint density at radius 3 is 1.97 bits per heavy atom. The lowest BCUT2D eigenvalue weighted by Crippen LogP contribution is -2.48. The van der Waals surface area contributed by atoms with Gasteiger partial charge in [-0.05, 0) is 47.9 Å². The van der Waals surface area contributed by atoms with E-state index in [4.69, 9.17) is 27.9 Å². The van der Waals surface area contributed by atoms with E-state index in [1.54, 1.807) is 0 Å². The number of hydrogen-bond acceptors (Lipinski definition) is 2. The Morgan fingerprint density at radius 2 is 1.38 bits per heavy atom. The zero-order valence-corrected chi connectivity index (χ0v) is 17.5. The van der Waals surface area contributed by atoms with Crippen LogP contribution in [0.3, 0.4) is 0 Å². The minimum Gasteiger partial charge on any atom is -0.358 e. The summed E-state index contributed by atoms with van der Waals surface area (Å²) >= 11 is 12.1. The molecular formula is C24H21Cl2NO2. The molecule has 0 bridgehead atoms. The zero-order chi connectivity index (χ0) is 20.4. The number of carbonyl (C=O) groups excluding carboxylic acids is 1. The van der Waals surface area contributed by atoms with E-state index in [0.29, 0.717) is 16.5 Å². The van der Waals surface area contributed by atoms with Gasteiger partial charge in [0.25, 0.3) is 0 Å². The number of ether oxygens (including phenoxy) is 1. The summed E-state index contributed by atoms with van der Waals surface area (Å²) in [5.74, 6) is -0.115. The van der Waals surface area contributed by atoms with Crippen LogP contribution in [0.25, 0.3) is 0 Å². The summed E-state index contributed by atoms with van der Waals surface area (Å²) in [5.41, 5.74) is 4.15. The molecule has 0 aromatic heterocycles. The largest absolute Gasteiger partial charge is 0.358 e. The van der Waals surface area contributed by atoms with Gasteiger partial charge in [0, 0.05) is 16.5 Å². The molecule has 1 aliphatic rings. The SMILES string of the molecule is Cc1ccc(C[C@@H]2OC(c3ccc(Cl)cc3)C(c3ccc(Cl)cc3)NC2=O)cc1. The maximum Gasteiger partial charge on any atom is 0.250 e. The molecule has 1 amide bonds. The molecule has 1 fully saturated rings. The van der Waals surface area contributed by atoms with Gasteiger partial charge in [0.05, 0.1) is 6.04 Å². The summed E-state index contributed by atoms with van der Waals surface area (Å²) in [7, 11) is 0. The maximum atomic E-state index is 12.9. The summed E-state index contributed by atoms with van der Waals surface area (Å²) in [4.78, 5) is 12.9. The molecule has 29 heavy (non-hydrogen) atoms. The standard InChI is InChI=1S/C24H21Cl2NO2/c1-15-2-4-16(5-3-15)14-21-24(28)27-22(17-6-10-19(25)11-7-17)23(29-21)18-8-12-20(26)13-9-18/h2-13,21-23H,14H2,1H3,(H,27,28)/t21-,22?,23?/m0/s1.